The molecule has 5 heteroatoms. The van der Waals surface area contributed by atoms with Gasteiger partial charge in [0.05, 0.1) is 0 Å². The summed E-state index contributed by atoms with van der Waals surface area (Å²) < 4.78 is 0. The van der Waals surface area contributed by atoms with E-state index in [0.29, 0.717) is 0 Å². The molecule has 0 bridgehead atoms. The van der Waals surface area contributed by atoms with Gasteiger partial charge in [-0.15, -0.1) is 0 Å². The number of piperazine rings is 1. The van der Waals surface area contributed by atoms with Gasteiger partial charge in [0.25, 0.3) is 0 Å². The van der Waals surface area contributed by atoms with Crippen LogP contribution in [0.2, 0.25) is 0 Å². The Bertz CT molecular complexity index is 489. The number of rotatable bonds is 5. The van der Waals surface area contributed by atoms with Crippen molar-refractivity contribution in [2.24, 2.45) is 0 Å². The molecule has 124 valence electrons. The van der Waals surface area contributed by atoms with Crippen molar-refractivity contribution in [3.05, 3.63) is 29.8 Å². The fourth-order valence-corrected chi connectivity index (χ4v) is 2.86. The number of carboxylic acid groups (broad SMARTS) is 1. The Kier molecular flexibility index (Phi) is 7.67. The van der Waals surface area contributed by atoms with E-state index in [9.17, 15) is 4.79 Å². The first-order valence-corrected chi connectivity index (χ1v) is 8.16. The molecule has 0 aromatic heterocycles. The summed E-state index contributed by atoms with van der Waals surface area (Å²) in [5, 5.41) is 8.69. The van der Waals surface area contributed by atoms with Gasteiger partial charge in [0.2, 0.25) is 0 Å². The molecule has 1 aromatic carbocycles. The first-order valence-electron chi connectivity index (χ1n) is 8.16. The maximum absolute atomic E-state index is 10.5. The fourth-order valence-electron chi connectivity index (χ4n) is 2.86. The van der Waals surface area contributed by atoms with Gasteiger partial charge in [0.15, 0.2) is 0 Å². The molecule has 2 rings (SSSR count). The third kappa shape index (κ3) is 6.22. The van der Waals surface area contributed by atoms with E-state index in [1.807, 2.05) is 0 Å². The van der Waals surface area contributed by atoms with Gasteiger partial charge in [-0.1, -0.05) is 32.9 Å². The second-order valence-electron chi connectivity index (χ2n) is 7.12. The van der Waals surface area contributed by atoms with Crippen LogP contribution >= 0.6 is 0 Å². The molecule has 1 heterocycles. The molecular formula is C18H29LiN2O2. The molecule has 4 nitrogen and oxygen atoms in total. The van der Waals surface area contributed by atoms with Crippen molar-refractivity contribution in [1.82, 2.24) is 4.90 Å². The van der Waals surface area contributed by atoms with Gasteiger partial charge in [0.1, 0.15) is 0 Å². The molecule has 0 unspecified atom stereocenters. The first-order chi connectivity index (χ1) is 10.4. The van der Waals surface area contributed by atoms with E-state index < -0.39 is 5.97 Å². The van der Waals surface area contributed by atoms with Crippen LogP contribution in [0, 0.1) is 0 Å². The molecular weight excluding hydrogens is 283 g/mol. The van der Waals surface area contributed by atoms with Gasteiger partial charge >= 0.3 is 24.8 Å². The van der Waals surface area contributed by atoms with Gasteiger partial charge in [-0.2, -0.15) is 0 Å². The van der Waals surface area contributed by atoms with Crippen molar-refractivity contribution < 1.29 is 9.90 Å². The van der Waals surface area contributed by atoms with Gasteiger partial charge in [-0.3, -0.25) is 9.69 Å². The van der Waals surface area contributed by atoms with E-state index in [1.165, 1.54) is 11.3 Å². The van der Waals surface area contributed by atoms with Crippen LogP contribution in [-0.2, 0) is 10.2 Å². The monoisotopic (exact) mass is 312 g/mol. The van der Waals surface area contributed by atoms with Crippen molar-refractivity contribution in [3.8, 4) is 0 Å². The SMILES string of the molecule is CC(C)(C)c1ccc(N2CCN(CCCC(=O)O)CC2)cc1.[LiH]. The number of nitrogens with zero attached hydrogens (tertiary/aromatic N) is 2. The zero-order valence-corrected chi connectivity index (χ0v) is 14.0. The zero-order chi connectivity index (χ0) is 16.2. The van der Waals surface area contributed by atoms with E-state index in [4.69, 9.17) is 5.11 Å². The minimum atomic E-state index is -0.697. The Labute approximate surface area is 152 Å². The number of hydrogen-bond donors (Lipinski definition) is 1. The number of carbonyl (C=O) groups is 1. The van der Waals surface area contributed by atoms with Crippen LogP contribution in [0.25, 0.3) is 0 Å². The summed E-state index contributed by atoms with van der Waals surface area (Å²) in [6.45, 7) is 11.7. The molecule has 1 N–H and O–H groups in total. The van der Waals surface area contributed by atoms with Crippen LogP contribution in [0.4, 0.5) is 5.69 Å². The number of benzene rings is 1. The minimum absolute atomic E-state index is 0. The number of hydrogen-bond acceptors (Lipinski definition) is 3. The second kappa shape index (κ2) is 8.78. The van der Waals surface area contributed by atoms with Crippen LogP contribution in [-0.4, -0.2) is 67.6 Å². The topological polar surface area (TPSA) is 43.8 Å². The van der Waals surface area contributed by atoms with Gasteiger partial charge in [0, 0.05) is 38.3 Å². The Morgan fingerprint density at radius 2 is 1.65 bits per heavy atom. The van der Waals surface area contributed by atoms with Crippen LogP contribution < -0.4 is 4.90 Å². The molecule has 0 radical (unpaired) electrons. The zero-order valence-electron chi connectivity index (χ0n) is 14.0. The molecule has 1 aliphatic heterocycles. The van der Waals surface area contributed by atoms with Gasteiger partial charge in [-0.05, 0) is 36.1 Å². The molecule has 1 aliphatic rings. The maximum atomic E-state index is 10.5. The third-order valence-corrected chi connectivity index (χ3v) is 4.34. The van der Waals surface area contributed by atoms with Crippen molar-refractivity contribution in [2.45, 2.75) is 39.0 Å². The Hall–Kier alpha value is -0.953. The third-order valence-electron chi connectivity index (χ3n) is 4.34. The van der Waals surface area contributed by atoms with Gasteiger partial charge in [-0.25, -0.2) is 0 Å². The average molecular weight is 312 g/mol. The van der Waals surface area contributed by atoms with Crippen molar-refractivity contribution in [3.63, 3.8) is 0 Å². The summed E-state index contributed by atoms with van der Waals surface area (Å²) in [7, 11) is 0. The molecule has 1 fully saturated rings. The van der Waals surface area contributed by atoms with Crippen LogP contribution in [0.15, 0.2) is 24.3 Å². The van der Waals surface area contributed by atoms with E-state index in [0.717, 1.165) is 39.1 Å². The fraction of sp³-hybridized carbons (Fsp3) is 0.611. The number of carboxylic acids is 1. The van der Waals surface area contributed by atoms with Gasteiger partial charge < -0.3 is 10.0 Å². The first kappa shape index (κ1) is 20.1. The van der Waals surface area contributed by atoms with Crippen LogP contribution in [0.5, 0.6) is 0 Å². The standard InChI is InChI=1S/C18H28N2O2.Li.H/c1-18(2,3)15-6-8-16(9-7-15)20-13-11-19(12-14-20)10-4-5-17(21)22;;/h6-9H,4-5,10-14H2,1-3H3,(H,21,22);;. The molecule has 0 saturated carbocycles. The summed E-state index contributed by atoms with van der Waals surface area (Å²) in [6.07, 6.45) is 1.02. The molecule has 23 heavy (non-hydrogen) atoms. The normalized spacial score (nSPS) is 16.0. The Morgan fingerprint density at radius 3 is 2.13 bits per heavy atom. The molecule has 0 aliphatic carbocycles. The number of aliphatic carboxylic acids is 1. The van der Waals surface area contributed by atoms with Crippen molar-refractivity contribution in [1.29, 1.82) is 0 Å². The summed E-state index contributed by atoms with van der Waals surface area (Å²) in [6, 6.07) is 8.91. The summed E-state index contributed by atoms with van der Waals surface area (Å²) >= 11 is 0. The molecule has 1 saturated heterocycles. The van der Waals surface area contributed by atoms with E-state index >= 15 is 0 Å². The van der Waals surface area contributed by atoms with Crippen LogP contribution in [0.3, 0.4) is 0 Å². The van der Waals surface area contributed by atoms with Crippen molar-refractivity contribution >= 4 is 30.5 Å². The molecule has 0 atom stereocenters. The van der Waals surface area contributed by atoms with Crippen molar-refractivity contribution in [2.75, 3.05) is 37.6 Å². The van der Waals surface area contributed by atoms with Crippen LogP contribution in [0.1, 0.15) is 39.2 Å². The number of anilines is 1. The average Bonchev–Trinajstić information content (AvgIpc) is 2.47. The predicted octanol–water partition coefficient (Wildman–Crippen LogP) is 2.32. The van der Waals surface area contributed by atoms with E-state index in [-0.39, 0.29) is 30.7 Å². The van der Waals surface area contributed by atoms with E-state index in [2.05, 4.69) is 54.8 Å². The Balaban J connectivity index is 0.00000264. The summed E-state index contributed by atoms with van der Waals surface area (Å²) in [5.41, 5.74) is 2.85. The molecule has 1 aromatic rings. The summed E-state index contributed by atoms with van der Waals surface area (Å²) in [4.78, 5) is 15.3. The predicted molar refractivity (Wildman–Crippen MR) is 97.8 cm³/mol. The second-order valence-corrected chi connectivity index (χ2v) is 7.12. The molecule has 0 spiro atoms. The quantitative estimate of drug-likeness (QED) is 0.848. The molecule has 0 amide bonds. The summed E-state index contributed by atoms with van der Waals surface area (Å²) in [5.74, 6) is -0.697. The Morgan fingerprint density at radius 1 is 1.09 bits per heavy atom. The van der Waals surface area contributed by atoms with E-state index in [1.54, 1.807) is 0 Å².